The largest absolute Gasteiger partial charge is 0.353 e. The number of hydrogen-bond donors (Lipinski definition) is 0. The number of amides is 2. The molecule has 0 spiro atoms. The molecule has 1 atom stereocenters. The van der Waals surface area contributed by atoms with Gasteiger partial charge in [0, 0.05) is 37.9 Å². The molecule has 1 aromatic heterocycles. The minimum Gasteiger partial charge on any atom is -0.353 e. The molecule has 0 saturated heterocycles. The molecule has 142 valence electrons. The molecule has 0 radical (unpaired) electrons. The second-order valence-electron chi connectivity index (χ2n) is 6.81. The maximum Gasteiger partial charge on any atom is 0.242 e. The topological polar surface area (TPSA) is 45.6 Å². The second kappa shape index (κ2) is 11.0. The highest BCUT2D eigenvalue weighted by Gasteiger charge is 2.24. The lowest BCUT2D eigenvalue weighted by atomic mass is 10.2. The molecule has 0 N–H and O–H groups in total. The first-order valence-electron chi connectivity index (χ1n) is 9.61. The van der Waals surface area contributed by atoms with E-state index in [1.807, 2.05) is 48.7 Å². The van der Waals surface area contributed by atoms with Crippen LogP contribution in [0.2, 0.25) is 0 Å². The Morgan fingerprint density at radius 1 is 1.16 bits per heavy atom. The number of aryl methyl sites for hydroxylation is 1. The quantitative estimate of drug-likeness (QED) is 0.613. The third-order valence-corrected chi connectivity index (χ3v) is 4.75. The highest BCUT2D eigenvalue weighted by Crippen LogP contribution is 2.11. The zero-order chi connectivity index (χ0) is 18.8. The van der Waals surface area contributed by atoms with Gasteiger partial charge in [-0.15, -0.1) is 0 Å². The van der Waals surface area contributed by atoms with E-state index in [0.717, 1.165) is 37.9 Å². The lowest BCUT2D eigenvalue weighted by molar-refractivity contribution is -0.142. The Labute approximate surface area is 153 Å². The molecule has 5 nitrogen and oxygen atoms in total. The third-order valence-electron chi connectivity index (χ3n) is 4.75. The van der Waals surface area contributed by atoms with Crippen LogP contribution in [0, 0.1) is 0 Å². The number of aromatic nitrogens is 1. The first-order valence-corrected chi connectivity index (χ1v) is 9.61. The minimum absolute atomic E-state index is 0.0411. The number of nitrogens with zero attached hydrogens (tertiary/aromatic N) is 3. The van der Waals surface area contributed by atoms with E-state index < -0.39 is 0 Å². The third kappa shape index (κ3) is 6.56. The molecule has 0 aliphatic rings. The summed E-state index contributed by atoms with van der Waals surface area (Å²) >= 11 is 0. The maximum atomic E-state index is 12.9. The van der Waals surface area contributed by atoms with Gasteiger partial charge in [0.15, 0.2) is 0 Å². The molecule has 2 amide bonds. The van der Waals surface area contributed by atoms with Crippen LogP contribution in [0.4, 0.5) is 0 Å². The smallest absolute Gasteiger partial charge is 0.242 e. The Balaban J connectivity index is 2.86. The predicted molar refractivity (Wildman–Crippen MR) is 102 cm³/mol. The Hall–Kier alpha value is -1.78. The van der Waals surface area contributed by atoms with E-state index in [2.05, 4.69) is 13.8 Å². The summed E-state index contributed by atoms with van der Waals surface area (Å²) in [4.78, 5) is 29.0. The molecular weight excluding hydrogens is 314 g/mol. The summed E-state index contributed by atoms with van der Waals surface area (Å²) in [6, 6.07) is 4.13. The van der Waals surface area contributed by atoms with Crippen molar-refractivity contribution in [1.82, 2.24) is 14.4 Å². The number of hydrogen-bond acceptors (Lipinski definition) is 2. The van der Waals surface area contributed by atoms with Gasteiger partial charge in [-0.2, -0.15) is 0 Å². The number of rotatable bonds is 11. The molecule has 0 aromatic carbocycles. The Kier molecular flexibility index (Phi) is 9.32. The van der Waals surface area contributed by atoms with Crippen molar-refractivity contribution < 1.29 is 9.59 Å². The van der Waals surface area contributed by atoms with Gasteiger partial charge in [-0.3, -0.25) is 9.59 Å². The lowest BCUT2D eigenvalue weighted by Crippen LogP contribution is -2.46. The minimum atomic E-state index is 0.0411. The van der Waals surface area contributed by atoms with Crippen LogP contribution in [-0.2, 0) is 23.2 Å². The average molecular weight is 350 g/mol. The standard InChI is InChI=1S/C20H35N3O2/c1-6-9-14-22(15-18-12-10-13-21(18)5)20(25)16-23(17(4)8-3)19(24)11-7-2/h10,12-13,17H,6-9,11,14-16H2,1-5H3. The molecule has 0 aliphatic carbocycles. The van der Waals surface area contributed by atoms with E-state index >= 15 is 0 Å². The van der Waals surface area contributed by atoms with Gasteiger partial charge in [-0.1, -0.05) is 27.2 Å². The zero-order valence-electron chi connectivity index (χ0n) is 16.6. The lowest BCUT2D eigenvalue weighted by Gasteiger charge is -2.31. The maximum absolute atomic E-state index is 12.9. The fourth-order valence-electron chi connectivity index (χ4n) is 2.81. The van der Waals surface area contributed by atoms with Gasteiger partial charge < -0.3 is 14.4 Å². The van der Waals surface area contributed by atoms with Gasteiger partial charge in [0.05, 0.1) is 13.1 Å². The van der Waals surface area contributed by atoms with Crippen LogP contribution in [0.15, 0.2) is 18.3 Å². The Morgan fingerprint density at radius 3 is 2.40 bits per heavy atom. The molecule has 0 aliphatic heterocycles. The summed E-state index contributed by atoms with van der Waals surface area (Å²) in [6.07, 6.45) is 6.18. The normalized spacial score (nSPS) is 12.0. The molecule has 1 aromatic rings. The van der Waals surface area contributed by atoms with E-state index in [0.29, 0.717) is 13.0 Å². The summed E-state index contributed by atoms with van der Waals surface area (Å²) < 4.78 is 2.04. The zero-order valence-corrected chi connectivity index (χ0v) is 16.6. The molecule has 0 bridgehead atoms. The summed E-state index contributed by atoms with van der Waals surface area (Å²) in [6.45, 7) is 9.71. The van der Waals surface area contributed by atoms with Gasteiger partial charge >= 0.3 is 0 Å². The first-order chi connectivity index (χ1) is 11.9. The predicted octanol–water partition coefficient (Wildman–Crippen LogP) is 3.58. The van der Waals surface area contributed by atoms with E-state index in [1.165, 1.54) is 0 Å². The molecule has 25 heavy (non-hydrogen) atoms. The molecule has 5 heteroatoms. The first kappa shape index (κ1) is 21.3. The summed E-state index contributed by atoms with van der Waals surface area (Å²) in [7, 11) is 1.99. The van der Waals surface area contributed by atoms with Crippen molar-refractivity contribution in [2.24, 2.45) is 7.05 Å². The molecular formula is C20H35N3O2. The van der Waals surface area contributed by atoms with Crippen molar-refractivity contribution in [3.05, 3.63) is 24.0 Å². The Morgan fingerprint density at radius 2 is 1.88 bits per heavy atom. The average Bonchev–Trinajstić information content (AvgIpc) is 3.00. The van der Waals surface area contributed by atoms with Gasteiger partial charge in [0.25, 0.3) is 0 Å². The molecule has 1 unspecified atom stereocenters. The van der Waals surface area contributed by atoms with Gasteiger partial charge in [-0.25, -0.2) is 0 Å². The van der Waals surface area contributed by atoms with Gasteiger partial charge in [0.2, 0.25) is 11.8 Å². The number of unbranched alkanes of at least 4 members (excludes halogenated alkanes) is 1. The van der Waals surface area contributed by atoms with E-state index in [9.17, 15) is 9.59 Å². The van der Waals surface area contributed by atoms with E-state index in [-0.39, 0.29) is 24.4 Å². The van der Waals surface area contributed by atoms with Gasteiger partial charge in [0.1, 0.15) is 0 Å². The monoisotopic (exact) mass is 349 g/mol. The fourth-order valence-corrected chi connectivity index (χ4v) is 2.81. The van der Waals surface area contributed by atoms with E-state index in [4.69, 9.17) is 0 Å². The van der Waals surface area contributed by atoms with E-state index in [1.54, 1.807) is 4.90 Å². The second-order valence-corrected chi connectivity index (χ2v) is 6.81. The summed E-state index contributed by atoms with van der Waals surface area (Å²) in [5.41, 5.74) is 1.11. The highest BCUT2D eigenvalue weighted by atomic mass is 16.2. The van der Waals surface area contributed by atoms with Crippen LogP contribution in [0.1, 0.15) is 65.5 Å². The van der Waals surface area contributed by atoms with Crippen LogP contribution < -0.4 is 0 Å². The van der Waals surface area contributed by atoms with Crippen molar-refractivity contribution in [2.75, 3.05) is 13.1 Å². The Bertz CT molecular complexity index is 539. The van der Waals surface area contributed by atoms with Crippen LogP contribution in [0.25, 0.3) is 0 Å². The van der Waals surface area contributed by atoms with Crippen molar-refractivity contribution in [3.63, 3.8) is 0 Å². The number of carbonyl (C=O) groups is 2. The summed E-state index contributed by atoms with van der Waals surface area (Å²) in [5.74, 6) is 0.124. The molecule has 0 saturated carbocycles. The molecule has 1 rings (SSSR count). The van der Waals surface area contributed by atoms with Crippen molar-refractivity contribution in [1.29, 1.82) is 0 Å². The van der Waals surface area contributed by atoms with Crippen LogP contribution >= 0.6 is 0 Å². The summed E-state index contributed by atoms with van der Waals surface area (Å²) in [5, 5.41) is 0. The van der Waals surface area contributed by atoms with Crippen molar-refractivity contribution >= 4 is 11.8 Å². The van der Waals surface area contributed by atoms with Gasteiger partial charge in [-0.05, 0) is 38.3 Å². The number of carbonyl (C=O) groups excluding carboxylic acids is 2. The van der Waals surface area contributed by atoms with Crippen molar-refractivity contribution in [3.8, 4) is 0 Å². The van der Waals surface area contributed by atoms with Crippen molar-refractivity contribution in [2.45, 2.75) is 72.4 Å². The highest BCUT2D eigenvalue weighted by molar-refractivity contribution is 5.85. The van der Waals surface area contributed by atoms with Crippen LogP contribution in [0.3, 0.4) is 0 Å². The van der Waals surface area contributed by atoms with Crippen LogP contribution in [-0.4, -0.2) is 45.3 Å². The molecule has 0 fully saturated rings. The van der Waals surface area contributed by atoms with Crippen LogP contribution in [0.5, 0.6) is 0 Å². The SMILES string of the molecule is CCCCN(Cc1cccn1C)C(=O)CN(C(=O)CCC)C(C)CC. The molecule has 1 heterocycles. The fraction of sp³-hybridized carbons (Fsp3) is 0.700.